The number of aryl methyl sites for hydroxylation is 2. The lowest BCUT2D eigenvalue weighted by atomic mass is 10.3. The standard InChI is InChI=1S/C11H13ClN4/c1-8-5-9(11(12)15-6-8)14-7-10-13-3-4-16(10)2/h3-6,14H,7H2,1-2H3. The minimum Gasteiger partial charge on any atom is -0.375 e. The van der Waals surface area contributed by atoms with Crippen LogP contribution < -0.4 is 5.32 Å². The van der Waals surface area contributed by atoms with Gasteiger partial charge in [0.05, 0.1) is 12.2 Å². The fourth-order valence-electron chi connectivity index (χ4n) is 1.42. The molecule has 0 aliphatic heterocycles. The van der Waals surface area contributed by atoms with Crippen molar-refractivity contribution in [3.63, 3.8) is 0 Å². The molecule has 4 nitrogen and oxygen atoms in total. The molecule has 0 radical (unpaired) electrons. The number of hydrogen-bond donors (Lipinski definition) is 1. The quantitative estimate of drug-likeness (QED) is 0.833. The maximum Gasteiger partial charge on any atom is 0.152 e. The molecule has 16 heavy (non-hydrogen) atoms. The first kappa shape index (κ1) is 11.0. The summed E-state index contributed by atoms with van der Waals surface area (Å²) in [4.78, 5) is 8.30. The molecule has 5 heteroatoms. The van der Waals surface area contributed by atoms with Crippen LogP contribution in [0.1, 0.15) is 11.4 Å². The average Bonchev–Trinajstić information content (AvgIpc) is 2.66. The fraction of sp³-hybridized carbons (Fsp3) is 0.273. The summed E-state index contributed by atoms with van der Waals surface area (Å²) in [5, 5.41) is 3.71. The number of imidazole rings is 1. The van der Waals surface area contributed by atoms with Crippen LogP contribution in [0.15, 0.2) is 24.7 Å². The Hall–Kier alpha value is -1.55. The van der Waals surface area contributed by atoms with Gasteiger partial charge >= 0.3 is 0 Å². The lowest BCUT2D eigenvalue weighted by Crippen LogP contribution is -2.06. The summed E-state index contributed by atoms with van der Waals surface area (Å²) in [5.41, 5.74) is 1.91. The Labute approximate surface area is 99.3 Å². The van der Waals surface area contributed by atoms with E-state index in [1.165, 1.54) is 0 Å². The molecule has 0 bridgehead atoms. The van der Waals surface area contributed by atoms with Crippen molar-refractivity contribution in [2.75, 3.05) is 5.32 Å². The van der Waals surface area contributed by atoms with Gasteiger partial charge in [0.2, 0.25) is 0 Å². The minimum atomic E-state index is 0.486. The molecule has 0 spiro atoms. The molecule has 0 amide bonds. The second-order valence-electron chi connectivity index (χ2n) is 3.66. The van der Waals surface area contributed by atoms with Crippen LogP contribution in [0.3, 0.4) is 0 Å². The van der Waals surface area contributed by atoms with Crippen LogP contribution in [0.4, 0.5) is 5.69 Å². The van der Waals surface area contributed by atoms with E-state index >= 15 is 0 Å². The highest BCUT2D eigenvalue weighted by atomic mass is 35.5. The third-order valence-electron chi connectivity index (χ3n) is 2.33. The number of anilines is 1. The molecule has 84 valence electrons. The van der Waals surface area contributed by atoms with Crippen LogP contribution in [0.25, 0.3) is 0 Å². The Morgan fingerprint density at radius 3 is 2.94 bits per heavy atom. The smallest absolute Gasteiger partial charge is 0.152 e. The molecular weight excluding hydrogens is 224 g/mol. The second kappa shape index (κ2) is 4.53. The van der Waals surface area contributed by atoms with E-state index in [4.69, 9.17) is 11.6 Å². The highest BCUT2D eigenvalue weighted by Gasteiger charge is 2.03. The molecular formula is C11H13ClN4. The molecule has 2 aromatic heterocycles. The normalized spacial score (nSPS) is 10.4. The van der Waals surface area contributed by atoms with Crippen molar-refractivity contribution in [2.24, 2.45) is 7.05 Å². The first-order valence-electron chi connectivity index (χ1n) is 4.99. The SMILES string of the molecule is Cc1cnc(Cl)c(NCc2nccn2C)c1. The third-order valence-corrected chi connectivity index (χ3v) is 2.63. The van der Waals surface area contributed by atoms with E-state index < -0.39 is 0 Å². The van der Waals surface area contributed by atoms with Crippen molar-refractivity contribution < 1.29 is 0 Å². The number of hydrogen-bond acceptors (Lipinski definition) is 3. The lowest BCUT2D eigenvalue weighted by molar-refractivity contribution is 0.812. The van der Waals surface area contributed by atoms with E-state index in [-0.39, 0.29) is 0 Å². The van der Waals surface area contributed by atoms with Gasteiger partial charge in [0.25, 0.3) is 0 Å². The van der Waals surface area contributed by atoms with Gasteiger partial charge in [-0.05, 0) is 18.6 Å². The van der Waals surface area contributed by atoms with Crippen LogP contribution in [-0.4, -0.2) is 14.5 Å². The van der Waals surface area contributed by atoms with E-state index in [0.717, 1.165) is 17.1 Å². The van der Waals surface area contributed by atoms with Crippen molar-refractivity contribution in [1.29, 1.82) is 0 Å². The maximum atomic E-state index is 5.98. The molecule has 0 unspecified atom stereocenters. The molecule has 0 atom stereocenters. The highest BCUT2D eigenvalue weighted by Crippen LogP contribution is 2.20. The zero-order valence-corrected chi connectivity index (χ0v) is 9.99. The molecule has 0 aliphatic rings. The maximum absolute atomic E-state index is 5.98. The molecule has 0 saturated carbocycles. The van der Waals surface area contributed by atoms with Crippen LogP contribution in [-0.2, 0) is 13.6 Å². The molecule has 2 heterocycles. The van der Waals surface area contributed by atoms with Crippen LogP contribution >= 0.6 is 11.6 Å². The Bertz CT molecular complexity index is 492. The topological polar surface area (TPSA) is 42.7 Å². The zero-order chi connectivity index (χ0) is 11.5. The second-order valence-corrected chi connectivity index (χ2v) is 4.02. The number of nitrogens with zero attached hydrogens (tertiary/aromatic N) is 3. The fourth-order valence-corrected chi connectivity index (χ4v) is 1.59. The molecule has 0 aromatic carbocycles. The lowest BCUT2D eigenvalue weighted by Gasteiger charge is -2.08. The van der Waals surface area contributed by atoms with Gasteiger partial charge in [0.15, 0.2) is 5.15 Å². The summed E-state index contributed by atoms with van der Waals surface area (Å²) in [6.45, 7) is 2.61. The first-order valence-corrected chi connectivity index (χ1v) is 5.37. The summed E-state index contributed by atoms with van der Waals surface area (Å²) in [5.74, 6) is 0.956. The molecule has 2 rings (SSSR count). The predicted molar refractivity (Wildman–Crippen MR) is 64.5 cm³/mol. The summed E-state index contributed by atoms with van der Waals surface area (Å²) >= 11 is 5.98. The summed E-state index contributed by atoms with van der Waals surface area (Å²) in [6, 6.07) is 1.97. The van der Waals surface area contributed by atoms with Gasteiger partial charge in [-0.2, -0.15) is 0 Å². The van der Waals surface area contributed by atoms with Crippen molar-refractivity contribution in [3.05, 3.63) is 41.2 Å². The number of pyridine rings is 1. The molecule has 1 N–H and O–H groups in total. The van der Waals surface area contributed by atoms with Gasteiger partial charge in [0, 0.05) is 25.6 Å². The van der Waals surface area contributed by atoms with Gasteiger partial charge in [-0.3, -0.25) is 0 Å². The molecule has 2 aromatic rings. The van der Waals surface area contributed by atoms with E-state index in [9.17, 15) is 0 Å². The monoisotopic (exact) mass is 236 g/mol. The van der Waals surface area contributed by atoms with Crippen LogP contribution in [0, 0.1) is 6.92 Å². The third kappa shape index (κ3) is 2.33. The summed E-state index contributed by atoms with van der Waals surface area (Å²) in [7, 11) is 1.96. The van der Waals surface area contributed by atoms with Crippen LogP contribution in [0.2, 0.25) is 5.15 Å². The number of nitrogens with one attached hydrogen (secondary N) is 1. The number of aromatic nitrogens is 3. The van der Waals surface area contributed by atoms with Crippen molar-refractivity contribution >= 4 is 17.3 Å². The Morgan fingerprint density at radius 2 is 2.25 bits per heavy atom. The van der Waals surface area contributed by atoms with Gasteiger partial charge in [-0.25, -0.2) is 9.97 Å². The zero-order valence-electron chi connectivity index (χ0n) is 9.24. The molecule has 0 fully saturated rings. The van der Waals surface area contributed by atoms with Crippen molar-refractivity contribution in [1.82, 2.24) is 14.5 Å². The Morgan fingerprint density at radius 1 is 1.44 bits per heavy atom. The average molecular weight is 237 g/mol. The minimum absolute atomic E-state index is 0.486. The largest absolute Gasteiger partial charge is 0.375 e. The van der Waals surface area contributed by atoms with Gasteiger partial charge in [-0.1, -0.05) is 11.6 Å². The number of rotatable bonds is 3. The molecule has 0 saturated heterocycles. The van der Waals surface area contributed by atoms with Crippen molar-refractivity contribution in [2.45, 2.75) is 13.5 Å². The number of halogens is 1. The molecule has 0 aliphatic carbocycles. The van der Waals surface area contributed by atoms with E-state index in [0.29, 0.717) is 11.7 Å². The Balaban J connectivity index is 2.10. The first-order chi connectivity index (χ1) is 7.66. The van der Waals surface area contributed by atoms with Gasteiger partial charge in [0.1, 0.15) is 5.82 Å². The van der Waals surface area contributed by atoms with E-state index in [1.807, 2.05) is 30.8 Å². The van der Waals surface area contributed by atoms with Gasteiger partial charge in [-0.15, -0.1) is 0 Å². The van der Waals surface area contributed by atoms with E-state index in [2.05, 4.69) is 15.3 Å². The predicted octanol–water partition coefficient (Wildman–Crippen LogP) is 2.39. The highest BCUT2D eigenvalue weighted by molar-refractivity contribution is 6.31. The van der Waals surface area contributed by atoms with Gasteiger partial charge < -0.3 is 9.88 Å². The van der Waals surface area contributed by atoms with E-state index in [1.54, 1.807) is 12.4 Å². The summed E-state index contributed by atoms with van der Waals surface area (Å²) in [6.07, 6.45) is 5.43. The Kier molecular flexibility index (Phi) is 3.10. The summed E-state index contributed by atoms with van der Waals surface area (Å²) < 4.78 is 1.96. The van der Waals surface area contributed by atoms with Crippen LogP contribution in [0.5, 0.6) is 0 Å². The van der Waals surface area contributed by atoms with Crippen molar-refractivity contribution in [3.8, 4) is 0 Å².